The van der Waals surface area contributed by atoms with Crippen molar-refractivity contribution in [2.75, 3.05) is 5.32 Å². The van der Waals surface area contributed by atoms with E-state index in [0.717, 1.165) is 12.0 Å². The summed E-state index contributed by atoms with van der Waals surface area (Å²) in [7, 11) is 0. The van der Waals surface area contributed by atoms with Gasteiger partial charge in [0.25, 0.3) is 11.6 Å². The van der Waals surface area contributed by atoms with E-state index in [4.69, 9.17) is 8.83 Å². The first-order valence-electron chi connectivity index (χ1n) is 10.8. The van der Waals surface area contributed by atoms with Gasteiger partial charge in [0, 0.05) is 23.4 Å². The van der Waals surface area contributed by atoms with Crippen LogP contribution in [-0.2, 0) is 6.42 Å². The summed E-state index contributed by atoms with van der Waals surface area (Å²) >= 11 is 0. The molecular formula is C26H19N3O6. The maximum atomic E-state index is 12.8. The van der Waals surface area contributed by atoms with E-state index >= 15 is 0 Å². The van der Waals surface area contributed by atoms with Crippen LogP contribution in [0.4, 0.5) is 11.4 Å². The van der Waals surface area contributed by atoms with E-state index in [1.54, 1.807) is 30.3 Å². The summed E-state index contributed by atoms with van der Waals surface area (Å²) in [5.41, 5.74) is 3.51. The van der Waals surface area contributed by atoms with Gasteiger partial charge in [-0.1, -0.05) is 25.1 Å². The van der Waals surface area contributed by atoms with Gasteiger partial charge in [0.05, 0.1) is 10.5 Å². The zero-order chi connectivity index (χ0) is 24.5. The third-order valence-electron chi connectivity index (χ3n) is 5.52. The number of nitrogens with one attached hydrogen (secondary N) is 1. The summed E-state index contributed by atoms with van der Waals surface area (Å²) in [6.07, 6.45) is 0.862. The molecule has 3 aromatic carbocycles. The Morgan fingerprint density at radius 1 is 1.06 bits per heavy atom. The molecule has 5 rings (SSSR count). The Morgan fingerprint density at radius 2 is 1.91 bits per heavy atom. The third-order valence-corrected chi connectivity index (χ3v) is 5.52. The highest BCUT2D eigenvalue weighted by Crippen LogP contribution is 2.34. The van der Waals surface area contributed by atoms with Crippen molar-refractivity contribution in [2.45, 2.75) is 13.3 Å². The van der Waals surface area contributed by atoms with Crippen molar-refractivity contribution in [2.24, 2.45) is 0 Å². The first-order chi connectivity index (χ1) is 16.9. The Morgan fingerprint density at radius 3 is 2.71 bits per heavy atom. The van der Waals surface area contributed by atoms with Crippen molar-refractivity contribution in [3.05, 3.63) is 94.2 Å². The zero-order valence-electron chi connectivity index (χ0n) is 18.5. The molecular weight excluding hydrogens is 450 g/mol. The van der Waals surface area contributed by atoms with Crippen LogP contribution in [0, 0.1) is 10.1 Å². The number of hydrogen-bond acceptors (Lipinski definition) is 7. The lowest BCUT2D eigenvalue weighted by molar-refractivity contribution is -0.384. The minimum Gasteiger partial charge on any atom is -0.507 e. The SMILES string of the molecule is CCc1ccc2oc(-c3cc(NC(=O)c4ccc(-c5cccc([N+](=O)[O-])c5)o4)ccc3O)nc2c1. The first-order valence-corrected chi connectivity index (χ1v) is 10.8. The Balaban J connectivity index is 1.39. The fourth-order valence-corrected chi connectivity index (χ4v) is 3.67. The van der Waals surface area contributed by atoms with Gasteiger partial charge < -0.3 is 19.3 Å². The predicted molar refractivity (Wildman–Crippen MR) is 129 cm³/mol. The molecule has 0 atom stereocenters. The third kappa shape index (κ3) is 4.34. The number of carbonyl (C=O) groups excluding carboxylic acids is 1. The van der Waals surface area contributed by atoms with Gasteiger partial charge in [-0.15, -0.1) is 0 Å². The molecule has 2 heterocycles. The molecule has 9 nitrogen and oxygen atoms in total. The quantitative estimate of drug-likeness (QED) is 0.172. The Labute approximate surface area is 198 Å². The highest BCUT2D eigenvalue weighted by atomic mass is 16.6. The van der Waals surface area contributed by atoms with E-state index in [0.29, 0.717) is 33.7 Å². The van der Waals surface area contributed by atoms with Crippen LogP contribution in [0.5, 0.6) is 5.75 Å². The second-order valence-electron chi connectivity index (χ2n) is 7.83. The standard InChI is InChI=1S/C26H19N3O6/c1-2-15-6-9-23-20(12-15)28-26(35-23)19-14-17(7-8-21(19)30)27-25(31)24-11-10-22(34-24)16-4-3-5-18(13-16)29(32)33/h3-14,30H,2H2,1H3,(H,27,31). The van der Waals surface area contributed by atoms with Crippen molar-refractivity contribution in [3.8, 4) is 28.5 Å². The molecule has 0 bridgehead atoms. The normalized spacial score (nSPS) is 11.0. The van der Waals surface area contributed by atoms with E-state index in [1.807, 2.05) is 25.1 Å². The van der Waals surface area contributed by atoms with Gasteiger partial charge in [0.15, 0.2) is 11.3 Å². The largest absolute Gasteiger partial charge is 0.507 e. The number of oxazole rings is 1. The van der Waals surface area contributed by atoms with Crippen molar-refractivity contribution in [1.82, 2.24) is 4.98 Å². The fourth-order valence-electron chi connectivity index (χ4n) is 3.67. The molecule has 2 aromatic heterocycles. The molecule has 9 heteroatoms. The number of nitro groups is 1. The van der Waals surface area contributed by atoms with Gasteiger partial charge in [0.2, 0.25) is 5.89 Å². The Bertz CT molecular complexity index is 1580. The van der Waals surface area contributed by atoms with Crippen molar-refractivity contribution in [3.63, 3.8) is 0 Å². The zero-order valence-corrected chi connectivity index (χ0v) is 18.5. The summed E-state index contributed by atoms with van der Waals surface area (Å²) in [4.78, 5) is 27.8. The second-order valence-corrected chi connectivity index (χ2v) is 7.83. The van der Waals surface area contributed by atoms with Crippen LogP contribution in [0.3, 0.4) is 0 Å². The number of aromatic nitrogens is 1. The van der Waals surface area contributed by atoms with Gasteiger partial charge in [-0.05, 0) is 54.4 Å². The average Bonchev–Trinajstić information content (AvgIpc) is 3.52. The average molecular weight is 469 g/mol. The van der Waals surface area contributed by atoms with Crippen LogP contribution in [0.1, 0.15) is 23.0 Å². The van der Waals surface area contributed by atoms with Crippen LogP contribution in [0.15, 0.2) is 81.6 Å². The fraction of sp³-hybridized carbons (Fsp3) is 0.0769. The van der Waals surface area contributed by atoms with Crippen LogP contribution >= 0.6 is 0 Å². The van der Waals surface area contributed by atoms with Gasteiger partial charge in [-0.2, -0.15) is 0 Å². The number of phenols is 1. The molecule has 0 saturated carbocycles. The number of nitro benzene ring substituents is 1. The highest BCUT2D eigenvalue weighted by Gasteiger charge is 2.17. The predicted octanol–water partition coefficient (Wildman–Crippen LogP) is 6.18. The number of rotatable bonds is 6. The molecule has 0 aliphatic carbocycles. The van der Waals surface area contributed by atoms with E-state index in [-0.39, 0.29) is 23.1 Å². The summed E-state index contributed by atoms with van der Waals surface area (Å²) in [5.74, 6) is 0.00534. The molecule has 2 N–H and O–H groups in total. The number of nitrogens with zero attached hydrogens (tertiary/aromatic N) is 2. The van der Waals surface area contributed by atoms with Gasteiger partial charge in [-0.25, -0.2) is 4.98 Å². The van der Waals surface area contributed by atoms with Crippen LogP contribution in [-0.4, -0.2) is 20.9 Å². The van der Waals surface area contributed by atoms with Crippen molar-refractivity contribution in [1.29, 1.82) is 0 Å². The van der Waals surface area contributed by atoms with Crippen molar-refractivity contribution < 1.29 is 23.7 Å². The topological polar surface area (TPSA) is 132 Å². The maximum Gasteiger partial charge on any atom is 0.291 e. The first kappa shape index (κ1) is 21.9. The van der Waals surface area contributed by atoms with E-state index in [1.165, 1.54) is 24.3 Å². The van der Waals surface area contributed by atoms with Crippen molar-refractivity contribution >= 4 is 28.4 Å². The van der Waals surface area contributed by atoms with Gasteiger partial charge >= 0.3 is 0 Å². The minimum atomic E-state index is -0.525. The molecule has 1 amide bonds. The molecule has 0 radical (unpaired) electrons. The number of phenolic OH excluding ortho intramolecular Hbond substituents is 1. The number of carbonyl (C=O) groups is 1. The van der Waals surface area contributed by atoms with E-state index in [2.05, 4.69) is 10.3 Å². The number of aromatic hydroxyl groups is 1. The Hall–Kier alpha value is -4.92. The maximum absolute atomic E-state index is 12.8. The summed E-state index contributed by atoms with van der Waals surface area (Å²) in [5, 5.41) is 24.1. The summed E-state index contributed by atoms with van der Waals surface area (Å²) in [6.45, 7) is 2.05. The summed E-state index contributed by atoms with van der Waals surface area (Å²) in [6, 6.07) is 19.3. The molecule has 0 spiro atoms. The van der Waals surface area contributed by atoms with Gasteiger partial charge in [-0.3, -0.25) is 14.9 Å². The molecule has 35 heavy (non-hydrogen) atoms. The number of fused-ring (bicyclic) bond motifs is 1. The molecule has 0 aliphatic heterocycles. The Kier molecular flexibility index (Phi) is 5.50. The number of benzene rings is 3. The second kappa shape index (κ2) is 8.79. The van der Waals surface area contributed by atoms with E-state index in [9.17, 15) is 20.0 Å². The van der Waals surface area contributed by atoms with Crippen LogP contribution < -0.4 is 5.32 Å². The molecule has 174 valence electrons. The van der Waals surface area contributed by atoms with Crippen LogP contribution in [0.25, 0.3) is 33.9 Å². The number of amides is 1. The molecule has 0 saturated heterocycles. The molecule has 5 aromatic rings. The lowest BCUT2D eigenvalue weighted by atomic mass is 10.1. The smallest absolute Gasteiger partial charge is 0.291 e. The lowest BCUT2D eigenvalue weighted by Gasteiger charge is -2.06. The van der Waals surface area contributed by atoms with E-state index < -0.39 is 10.8 Å². The number of anilines is 1. The number of hydrogen-bond donors (Lipinski definition) is 2. The summed E-state index contributed by atoms with van der Waals surface area (Å²) < 4.78 is 11.4. The lowest BCUT2D eigenvalue weighted by Crippen LogP contribution is -2.10. The van der Waals surface area contributed by atoms with Crippen LogP contribution in [0.2, 0.25) is 0 Å². The number of furan rings is 1. The molecule has 0 aliphatic rings. The number of aryl methyl sites for hydroxylation is 1. The highest BCUT2D eigenvalue weighted by molar-refractivity contribution is 6.03. The molecule has 0 unspecified atom stereocenters. The number of non-ortho nitro benzene ring substituents is 1. The van der Waals surface area contributed by atoms with Gasteiger partial charge in [0.1, 0.15) is 17.0 Å². The molecule has 0 fully saturated rings. The minimum absolute atomic E-state index is 0.0232. The monoisotopic (exact) mass is 469 g/mol.